The Labute approximate surface area is 150 Å². The maximum atomic E-state index is 12.6. The molecule has 5 nitrogen and oxygen atoms in total. The number of ether oxygens (including phenoxy) is 2. The van der Waals surface area contributed by atoms with Gasteiger partial charge in [-0.2, -0.15) is 0 Å². The molecule has 0 radical (unpaired) electrons. The van der Waals surface area contributed by atoms with Crippen molar-refractivity contribution in [2.75, 3.05) is 18.5 Å². The molecule has 1 heterocycles. The van der Waals surface area contributed by atoms with Crippen molar-refractivity contribution >= 4 is 11.6 Å². The minimum atomic E-state index is -0.228. The zero-order valence-corrected chi connectivity index (χ0v) is 15.5. The Morgan fingerprint density at radius 1 is 1.12 bits per heavy atom. The van der Waals surface area contributed by atoms with Crippen molar-refractivity contribution in [3.63, 3.8) is 0 Å². The van der Waals surface area contributed by atoms with Gasteiger partial charge in [0, 0.05) is 24.2 Å². The fraction of sp³-hybridized carbons (Fsp3) is 0.650. The third-order valence-corrected chi connectivity index (χ3v) is 5.58. The van der Waals surface area contributed by atoms with Crippen LogP contribution in [0.1, 0.15) is 46.5 Å². The van der Waals surface area contributed by atoms with Gasteiger partial charge in [0.25, 0.3) is 0 Å². The molecule has 1 aromatic rings. The van der Waals surface area contributed by atoms with E-state index >= 15 is 0 Å². The van der Waals surface area contributed by atoms with Crippen LogP contribution < -0.4 is 20.1 Å². The first kappa shape index (κ1) is 18.1. The largest absolute Gasteiger partial charge is 0.490 e. The minimum Gasteiger partial charge on any atom is -0.490 e. The van der Waals surface area contributed by atoms with Gasteiger partial charge >= 0.3 is 0 Å². The lowest BCUT2D eigenvalue weighted by molar-refractivity contribution is -0.118. The van der Waals surface area contributed by atoms with Gasteiger partial charge in [0.1, 0.15) is 0 Å². The number of anilines is 1. The van der Waals surface area contributed by atoms with Crippen LogP contribution in [0.2, 0.25) is 0 Å². The van der Waals surface area contributed by atoms with Crippen LogP contribution in [0.5, 0.6) is 11.5 Å². The highest BCUT2D eigenvalue weighted by molar-refractivity contribution is 5.94. The monoisotopic (exact) mass is 346 g/mol. The Bertz CT molecular complexity index is 605. The topological polar surface area (TPSA) is 59.6 Å². The van der Waals surface area contributed by atoms with Crippen molar-refractivity contribution in [1.82, 2.24) is 5.32 Å². The predicted molar refractivity (Wildman–Crippen MR) is 99.2 cm³/mol. The standard InChI is InChI=1S/C20H30N2O3/c1-13-6-4-7-17(14(13)2)21-15(3)20(23)22-16-8-9-18-19(12-16)25-11-5-10-24-18/h8-9,12-15,17,21H,4-7,10-11H2,1-3H3,(H,22,23). The number of benzene rings is 1. The van der Waals surface area contributed by atoms with E-state index in [9.17, 15) is 4.79 Å². The molecule has 1 aliphatic carbocycles. The normalized spacial score (nSPS) is 27.2. The summed E-state index contributed by atoms with van der Waals surface area (Å²) in [5.74, 6) is 2.74. The molecule has 2 aliphatic rings. The average molecular weight is 346 g/mol. The quantitative estimate of drug-likeness (QED) is 0.875. The highest BCUT2D eigenvalue weighted by atomic mass is 16.5. The van der Waals surface area contributed by atoms with E-state index in [0.717, 1.165) is 24.3 Å². The first-order chi connectivity index (χ1) is 12.0. The fourth-order valence-electron chi connectivity index (χ4n) is 3.71. The smallest absolute Gasteiger partial charge is 0.241 e. The number of amides is 1. The Morgan fingerprint density at radius 3 is 2.68 bits per heavy atom. The highest BCUT2D eigenvalue weighted by Gasteiger charge is 2.29. The van der Waals surface area contributed by atoms with Crippen molar-refractivity contribution < 1.29 is 14.3 Å². The zero-order chi connectivity index (χ0) is 17.8. The van der Waals surface area contributed by atoms with E-state index < -0.39 is 0 Å². The summed E-state index contributed by atoms with van der Waals surface area (Å²) < 4.78 is 11.3. The summed E-state index contributed by atoms with van der Waals surface area (Å²) in [5.41, 5.74) is 0.743. The van der Waals surface area contributed by atoms with E-state index in [-0.39, 0.29) is 11.9 Å². The first-order valence-corrected chi connectivity index (χ1v) is 9.51. The molecule has 25 heavy (non-hydrogen) atoms. The minimum absolute atomic E-state index is 0.0140. The van der Waals surface area contributed by atoms with Crippen LogP contribution >= 0.6 is 0 Å². The molecule has 0 aromatic heterocycles. The maximum absolute atomic E-state index is 12.6. The number of rotatable bonds is 4. The van der Waals surface area contributed by atoms with Crippen molar-refractivity contribution in [3.05, 3.63) is 18.2 Å². The molecule has 1 aliphatic heterocycles. The van der Waals surface area contributed by atoms with E-state index in [1.54, 1.807) is 0 Å². The van der Waals surface area contributed by atoms with Gasteiger partial charge in [-0.3, -0.25) is 4.79 Å². The van der Waals surface area contributed by atoms with Crippen molar-refractivity contribution in [2.24, 2.45) is 11.8 Å². The summed E-state index contributed by atoms with van der Waals surface area (Å²) in [4.78, 5) is 12.6. The summed E-state index contributed by atoms with van der Waals surface area (Å²) in [6, 6.07) is 5.75. The molecule has 138 valence electrons. The molecule has 1 aromatic carbocycles. The van der Waals surface area contributed by atoms with Crippen molar-refractivity contribution in [2.45, 2.75) is 58.5 Å². The Balaban J connectivity index is 1.59. The van der Waals surface area contributed by atoms with Gasteiger partial charge < -0.3 is 20.1 Å². The van der Waals surface area contributed by atoms with Crippen molar-refractivity contribution in [1.29, 1.82) is 0 Å². The Morgan fingerprint density at radius 2 is 1.88 bits per heavy atom. The first-order valence-electron chi connectivity index (χ1n) is 9.51. The van der Waals surface area contributed by atoms with E-state index in [4.69, 9.17) is 9.47 Å². The number of hydrogen-bond acceptors (Lipinski definition) is 4. The van der Waals surface area contributed by atoms with Gasteiger partial charge in [-0.25, -0.2) is 0 Å². The lowest BCUT2D eigenvalue weighted by atomic mass is 9.78. The van der Waals surface area contributed by atoms with Gasteiger partial charge in [-0.15, -0.1) is 0 Å². The van der Waals surface area contributed by atoms with Crippen LogP contribution in [-0.4, -0.2) is 31.2 Å². The Hall–Kier alpha value is -1.75. The van der Waals surface area contributed by atoms with E-state index in [2.05, 4.69) is 24.5 Å². The summed E-state index contributed by atoms with van der Waals surface area (Å²) in [7, 11) is 0. The number of carbonyl (C=O) groups is 1. The number of hydrogen-bond donors (Lipinski definition) is 2. The average Bonchev–Trinajstić information content (AvgIpc) is 2.83. The molecule has 5 heteroatoms. The third-order valence-electron chi connectivity index (χ3n) is 5.58. The van der Waals surface area contributed by atoms with Gasteiger partial charge in [0.2, 0.25) is 5.91 Å². The molecule has 4 unspecified atom stereocenters. The Kier molecular flexibility index (Phi) is 5.84. The van der Waals surface area contributed by atoms with Gasteiger partial charge in [0.15, 0.2) is 11.5 Å². The number of carbonyl (C=O) groups excluding carboxylic acids is 1. The molecule has 0 bridgehead atoms. The summed E-state index contributed by atoms with van der Waals surface area (Å²) in [6.07, 6.45) is 4.54. The van der Waals surface area contributed by atoms with E-state index in [1.807, 2.05) is 25.1 Å². The van der Waals surface area contributed by atoms with Crippen LogP contribution in [0.4, 0.5) is 5.69 Å². The SMILES string of the molecule is CC(NC1CCCC(C)C1C)C(=O)Nc1ccc2c(c1)OCCCO2. The van der Waals surface area contributed by atoms with Crippen molar-refractivity contribution in [3.8, 4) is 11.5 Å². The van der Waals surface area contributed by atoms with Gasteiger partial charge in [0.05, 0.1) is 19.3 Å². The second-order valence-corrected chi connectivity index (χ2v) is 7.46. The second-order valence-electron chi connectivity index (χ2n) is 7.46. The summed E-state index contributed by atoms with van der Waals surface area (Å²) >= 11 is 0. The second kappa shape index (κ2) is 8.09. The predicted octanol–water partition coefficient (Wildman–Crippen LogP) is 3.59. The number of fused-ring (bicyclic) bond motifs is 1. The third kappa shape index (κ3) is 4.46. The molecule has 3 rings (SSSR count). The van der Waals surface area contributed by atoms with E-state index in [1.165, 1.54) is 12.8 Å². The lowest BCUT2D eigenvalue weighted by Crippen LogP contribution is -2.49. The van der Waals surface area contributed by atoms with E-state index in [0.29, 0.717) is 36.8 Å². The molecule has 1 fully saturated rings. The van der Waals surface area contributed by atoms with Crippen LogP contribution in [0.15, 0.2) is 18.2 Å². The summed E-state index contributed by atoms with van der Waals surface area (Å²) in [6.45, 7) is 7.83. The van der Waals surface area contributed by atoms with Gasteiger partial charge in [-0.05, 0) is 37.3 Å². The molecule has 4 atom stereocenters. The van der Waals surface area contributed by atoms with Gasteiger partial charge in [-0.1, -0.05) is 26.7 Å². The lowest BCUT2D eigenvalue weighted by Gasteiger charge is -2.36. The highest BCUT2D eigenvalue weighted by Crippen LogP contribution is 2.32. The molecule has 1 amide bonds. The number of nitrogens with one attached hydrogen (secondary N) is 2. The molecule has 1 saturated carbocycles. The fourth-order valence-corrected chi connectivity index (χ4v) is 3.71. The maximum Gasteiger partial charge on any atom is 0.241 e. The van der Waals surface area contributed by atoms with Crippen LogP contribution in [0.3, 0.4) is 0 Å². The molecule has 2 N–H and O–H groups in total. The molecular weight excluding hydrogens is 316 g/mol. The van der Waals surface area contributed by atoms with Crippen LogP contribution in [-0.2, 0) is 4.79 Å². The zero-order valence-electron chi connectivity index (χ0n) is 15.5. The van der Waals surface area contributed by atoms with Crippen LogP contribution in [0, 0.1) is 11.8 Å². The molecular formula is C20H30N2O3. The van der Waals surface area contributed by atoms with Crippen LogP contribution in [0.25, 0.3) is 0 Å². The molecule has 0 spiro atoms. The summed E-state index contributed by atoms with van der Waals surface area (Å²) in [5, 5.41) is 6.51. The molecule has 0 saturated heterocycles.